The first-order chi connectivity index (χ1) is 8.16. The van der Waals surface area contributed by atoms with Crippen LogP contribution in [0.2, 0.25) is 0 Å². The third-order valence-corrected chi connectivity index (χ3v) is 3.00. The molecule has 1 amide bonds. The van der Waals surface area contributed by atoms with Crippen LogP contribution < -0.4 is 0 Å². The Morgan fingerprint density at radius 1 is 1.24 bits per heavy atom. The molecule has 2 rings (SSSR count). The van der Waals surface area contributed by atoms with Crippen molar-refractivity contribution in [3.63, 3.8) is 0 Å². The van der Waals surface area contributed by atoms with Crippen molar-refractivity contribution in [2.45, 2.75) is 13.3 Å². The highest BCUT2D eigenvalue weighted by atomic mass is 16.2. The number of likely N-dealkylation sites (tertiary alicyclic amines) is 1. The van der Waals surface area contributed by atoms with Crippen LogP contribution in [0.4, 0.5) is 0 Å². The zero-order valence-corrected chi connectivity index (χ0v) is 10.3. The minimum atomic E-state index is 0.151. The van der Waals surface area contributed by atoms with Gasteiger partial charge in [-0.25, -0.2) is 0 Å². The zero-order chi connectivity index (χ0) is 12.3. The smallest absolute Gasteiger partial charge is 0.249 e. The van der Waals surface area contributed by atoms with Crippen LogP contribution in [-0.4, -0.2) is 24.4 Å². The van der Waals surface area contributed by atoms with E-state index in [1.807, 2.05) is 25.3 Å². The van der Waals surface area contributed by atoms with Gasteiger partial charge in [-0.1, -0.05) is 48.1 Å². The number of carbonyl (C=O) groups excluding carboxylic acids is 1. The summed E-state index contributed by atoms with van der Waals surface area (Å²) in [6.07, 6.45) is 6.76. The van der Waals surface area contributed by atoms with Crippen molar-refractivity contribution >= 4 is 12.0 Å². The lowest BCUT2D eigenvalue weighted by molar-refractivity contribution is -0.123. The SMILES string of the molecule is Cc1ccc(/C=C/C=C2\CCN(C)C2=O)cc1. The lowest BCUT2D eigenvalue weighted by Gasteiger charge is -2.03. The fraction of sp³-hybridized carbons (Fsp3) is 0.267. The van der Waals surface area contributed by atoms with E-state index in [-0.39, 0.29) is 5.91 Å². The molecule has 2 heteroatoms. The molecular weight excluding hydrogens is 210 g/mol. The topological polar surface area (TPSA) is 20.3 Å². The Balaban J connectivity index is 2.05. The second-order valence-electron chi connectivity index (χ2n) is 4.44. The number of aryl methyl sites for hydroxylation is 1. The Morgan fingerprint density at radius 3 is 2.53 bits per heavy atom. The Labute approximate surface area is 102 Å². The van der Waals surface area contributed by atoms with Crippen LogP contribution >= 0.6 is 0 Å². The van der Waals surface area contributed by atoms with E-state index < -0.39 is 0 Å². The van der Waals surface area contributed by atoms with Gasteiger partial charge in [-0.2, -0.15) is 0 Å². The van der Waals surface area contributed by atoms with Gasteiger partial charge in [-0.3, -0.25) is 4.79 Å². The van der Waals surface area contributed by atoms with E-state index in [2.05, 4.69) is 31.2 Å². The quantitative estimate of drug-likeness (QED) is 0.711. The molecule has 1 aromatic carbocycles. The van der Waals surface area contributed by atoms with Crippen LogP contribution in [0.5, 0.6) is 0 Å². The molecule has 17 heavy (non-hydrogen) atoms. The normalized spacial score (nSPS) is 18.6. The van der Waals surface area contributed by atoms with Crippen molar-refractivity contribution in [3.05, 3.63) is 53.1 Å². The molecule has 1 saturated heterocycles. The summed E-state index contributed by atoms with van der Waals surface area (Å²) in [6.45, 7) is 2.91. The summed E-state index contributed by atoms with van der Waals surface area (Å²) in [6, 6.07) is 8.32. The predicted molar refractivity (Wildman–Crippen MR) is 70.6 cm³/mol. The molecule has 0 spiro atoms. The number of hydrogen-bond acceptors (Lipinski definition) is 1. The van der Waals surface area contributed by atoms with Crippen molar-refractivity contribution in [1.82, 2.24) is 4.90 Å². The fourth-order valence-electron chi connectivity index (χ4n) is 1.85. The Bertz CT molecular complexity index is 468. The van der Waals surface area contributed by atoms with E-state index >= 15 is 0 Å². The molecule has 0 aliphatic carbocycles. The fourth-order valence-corrected chi connectivity index (χ4v) is 1.85. The highest BCUT2D eigenvalue weighted by Gasteiger charge is 2.20. The highest BCUT2D eigenvalue weighted by molar-refractivity contribution is 5.95. The van der Waals surface area contributed by atoms with Crippen LogP contribution in [0, 0.1) is 6.92 Å². The van der Waals surface area contributed by atoms with Gasteiger partial charge in [0.1, 0.15) is 0 Å². The molecule has 2 nitrogen and oxygen atoms in total. The first-order valence-corrected chi connectivity index (χ1v) is 5.86. The summed E-state index contributed by atoms with van der Waals surface area (Å²) in [5.74, 6) is 0.151. The van der Waals surface area contributed by atoms with Crippen LogP contribution in [0.1, 0.15) is 17.5 Å². The predicted octanol–water partition coefficient (Wildman–Crippen LogP) is 2.80. The number of allylic oxidation sites excluding steroid dienone is 2. The number of rotatable bonds is 2. The van der Waals surface area contributed by atoms with Gasteiger partial charge >= 0.3 is 0 Å². The maximum Gasteiger partial charge on any atom is 0.249 e. The summed E-state index contributed by atoms with van der Waals surface area (Å²) in [5.41, 5.74) is 3.32. The molecule has 1 aliphatic heterocycles. The van der Waals surface area contributed by atoms with Crippen molar-refractivity contribution < 1.29 is 4.79 Å². The van der Waals surface area contributed by atoms with Crippen LogP contribution in [0.25, 0.3) is 6.08 Å². The third kappa shape index (κ3) is 2.84. The summed E-state index contributed by atoms with van der Waals surface area (Å²) < 4.78 is 0. The summed E-state index contributed by atoms with van der Waals surface area (Å²) in [5, 5.41) is 0. The number of nitrogens with zero attached hydrogens (tertiary/aromatic N) is 1. The lowest BCUT2D eigenvalue weighted by atomic mass is 10.1. The van der Waals surface area contributed by atoms with E-state index in [0.29, 0.717) is 0 Å². The number of amides is 1. The number of benzene rings is 1. The molecular formula is C15H17NO. The Hall–Kier alpha value is -1.83. The molecule has 0 unspecified atom stereocenters. The maximum atomic E-state index is 11.6. The molecule has 0 bridgehead atoms. The molecule has 1 heterocycles. The van der Waals surface area contributed by atoms with Crippen molar-refractivity contribution in [1.29, 1.82) is 0 Å². The molecule has 1 aliphatic rings. The third-order valence-electron chi connectivity index (χ3n) is 3.00. The zero-order valence-electron chi connectivity index (χ0n) is 10.3. The van der Waals surface area contributed by atoms with Gasteiger partial charge < -0.3 is 4.90 Å². The van der Waals surface area contributed by atoms with E-state index in [1.54, 1.807) is 4.90 Å². The molecule has 1 fully saturated rings. The molecule has 0 atom stereocenters. The average molecular weight is 227 g/mol. The van der Waals surface area contributed by atoms with E-state index in [1.165, 1.54) is 5.56 Å². The van der Waals surface area contributed by atoms with Gasteiger partial charge in [-0.05, 0) is 18.9 Å². The summed E-state index contributed by atoms with van der Waals surface area (Å²) >= 11 is 0. The van der Waals surface area contributed by atoms with E-state index in [4.69, 9.17) is 0 Å². The summed E-state index contributed by atoms with van der Waals surface area (Å²) in [4.78, 5) is 13.4. The van der Waals surface area contributed by atoms with Crippen LogP contribution in [0.3, 0.4) is 0 Å². The van der Waals surface area contributed by atoms with Crippen LogP contribution in [-0.2, 0) is 4.79 Å². The van der Waals surface area contributed by atoms with Crippen molar-refractivity contribution in [2.24, 2.45) is 0 Å². The number of hydrogen-bond donors (Lipinski definition) is 0. The van der Waals surface area contributed by atoms with Gasteiger partial charge in [0.05, 0.1) is 0 Å². The molecule has 0 radical (unpaired) electrons. The van der Waals surface area contributed by atoms with Gasteiger partial charge in [0.25, 0.3) is 0 Å². The molecule has 0 aromatic heterocycles. The monoisotopic (exact) mass is 227 g/mol. The van der Waals surface area contributed by atoms with Gasteiger partial charge in [-0.15, -0.1) is 0 Å². The standard InChI is InChI=1S/C15H17NO/c1-12-6-8-13(9-7-12)4-3-5-14-10-11-16(2)15(14)17/h3-9H,10-11H2,1-2H3/b4-3+,14-5+. The minimum absolute atomic E-state index is 0.151. The molecule has 0 N–H and O–H groups in total. The van der Waals surface area contributed by atoms with Gasteiger partial charge in [0.15, 0.2) is 0 Å². The number of carbonyl (C=O) groups is 1. The largest absolute Gasteiger partial charge is 0.342 e. The summed E-state index contributed by atoms with van der Waals surface area (Å²) in [7, 11) is 1.84. The van der Waals surface area contributed by atoms with Gasteiger partial charge in [0.2, 0.25) is 5.91 Å². The first kappa shape index (κ1) is 11.6. The highest BCUT2D eigenvalue weighted by Crippen LogP contribution is 2.15. The average Bonchev–Trinajstić information content (AvgIpc) is 2.64. The van der Waals surface area contributed by atoms with Crippen molar-refractivity contribution in [3.8, 4) is 0 Å². The Morgan fingerprint density at radius 2 is 1.94 bits per heavy atom. The van der Waals surface area contributed by atoms with E-state index in [0.717, 1.165) is 24.1 Å². The Kier molecular flexibility index (Phi) is 3.43. The lowest BCUT2D eigenvalue weighted by Crippen LogP contribution is -2.18. The minimum Gasteiger partial charge on any atom is -0.342 e. The second-order valence-corrected chi connectivity index (χ2v) is 4.44. The first-order valence-electron chi connectivity index (χ1n) is 5.86. The molecule has 1 aromatic rings. The number of likely N-dealkylation sites (N-methyl/N-ethyl adjacent to an activating group) is 1. The van der Waals surface area contributed by atoms with Crippen LogP contribution in [0.15, 0.2) is 42.0 Å². The van der Waals surface area contributed by atoms with Gasteiger partial charge in [0, 0.05) is 19.2 Å². The van der Waals surface area contributed by atoms with Crippen molar-refractivity contribution in [2.75, 3.05) is 13.6 Å². The maximum absolute atomic E-state index is 11.6. The molecule has 0 saturated carbocycles. The molecule has 88 valence electrons. The van der Waals surface area contributed by atoms with E-state index in [9.17, 15) is 4.79 Å². The second kappa shape index (κ2) is 5.00.